The van der Waals surface area contributed by atoms with Crippen LogP contribution in [0.4, 0.5) is 0 Å². The largest absolute Gasteiger partial charge is 0.468 e. The molecule has 0 aromatic carbocycles. The molecule has 114 valence electrons. The van der Waals surface area contributed by atoms with E-state index < -0.39 is 11.9 Å². The van der Waals surface area contributed by atoms with Crippen molar-refractivity contribution in [3.05, 3.63) is 0 Å². The van der Waals surface area contributed by atoms with Crippen LogP contribution < -0.4 is 0 Å². The number of hydrogen-bond acceptors (Lipinski definition) is 5. The van der Waals surface area contributed by atoms with Crippen LogP contribution in [-0.4, -0.2) is 50.1 Å². The second-order valence-corrected chi connectivity index (χ2v) is 5.04. The molecule has 6 heteroatoms. The molecule has 0 aliphatic heterocycles. The SMILES string of the molecule is COC(=O)CN(CC(=O)OC)C(=O)C1CCCCCC1. The molecular formula is C14H23NO5. The molecule has 0 N–H and O–H groups in total. The van der Waals surface area contributed by atoms with Gasteiger partial charge in [0.2, 0.25) is 5.91 Å². The number of carbonyl (C=O) groups excluding carboxylic acids is 3. The predicted molar refractivity (Wildman–Crippen MR) is 71.8 cm³/mol. The zero-order chi connectivity index (χ0) is 15.0. The minimum Gasteiger partial charge on any atom is -0.468 e. The highest BCUT2D eigenvalue weighted by molar-refractivity contribution is 5.87. The van der Waals surface area contributed by atoms with Crippen molar-refractivity contribution in [3.8, 4) is 0 Å². The second kappa shape index (κ2) is 8.55. The van der Waals surface area contributed by atoms with Gasteiger partial charge in [-0.1, -0.05) is 25.7 Å². The monoisotopic (exact) mass is 285 g/mol. The van der Waals surface area contributed by atoms with Gasteiger partial charge in [-0.05, 0) is 12.8 Å². The minimum absolute atomic E-state index is 0.105. The maximum absolute atomic E-state index is 12.5. The van der Waals surface area contributed by atoms with E-state index in [2.05, 4.69) is 9.47 Å². The highest BCUT2D eigenvalue weighted by Gasteiger charge is 2.28. The first kappa shape index (κ1) is 16.5. The van der Waals surface area contributed by atoms with Gasteiger partial charge in [0.05, 0.1) is 14.2 Å². The van der Waals surface area contributed by atoms with Crippen molar-refractivity contribution < 1.29 is 23.9 Å². The van der Waals surface area contributed by atoms with Crippen LogP contribution in [-0.2, 0) is 23.9 Å². The molecule has 0 bridgehead atoms. The summed E-state index contributed by atoms with van der Waals surface area (Å²) < 4.78 is 9.15. The van der Waals surface area contributed by atoms with Gasteiger partial charge < -0.3 is 14.4 Å². The lowest BCUT2D eigenvalue weighted by atomic mass is 9.98. The van der Waals surface area contributed by atoms with Gasteiger partial charge in [-0.15, -0.1) is 0 Å². The molecule has 6 nitrogen and oxygen atoms in total. The van der Waals surface area contributed by atoms with Gasteiger partial charge in [0.15, 0.2) is 0 Å². The van der Waals surface area contributed by atoms with Gasteiger partial charge >= 0.3 is 11.9 Å². The van der Waals surface area contributed by atoms with Crippen LogP contribution in [0.1, 0.15) is 38.5 Å². The Balaban J connectivity index is 2.70. The van der Waals surface area contributed by atoms with E-state index in [1.54, 1.807) is 0 Å². The average molecular weight is 285 g/mol. The van der Waals surface area contributed by atoms with Crippen LogP contribution in [0.5, 0.6) is 0 Å². The van der Waals surface area contributed by atoms with Crippen molar-refractivity contribution in [1.29, 1.82) is 0 Å². The summed E-state index contributed by atoms with van der Waals surface area (Å²) in [4.78, 5) is 36.5. The fraction of sp³-hybridized carbons (Fsp3) is 0.786. The molecule has 0 heterocycles. The Kier molecular flexibility index (Phi) is 7.04. The van der Waals surface area contributed by atoms with Crippen LogP contribution >= 0.6 is 0 Å². The molecule has 20 heavy (non-hydrogen) atoms. The Bertz CT molecular complexity index is 329. The van der Waals surface area contributed by atoms with E-state index in [9.17, 15) is 14.4 Å². The summed E-state index contributed by atoms with van der Waals surface area (Å²) >= 11 is 0. The Morgan fingerprint density at radius 3 is 1.75 bits per heavy atom. The van der Waals surface area contributed by atoms with E-state index in [1.807, 2.05) is 0 Å². The highest BCUT2D eigenvalue weighted by atomic mass is 16.5. The lowest BCUT2D eigenvalue weighted by Crippen LogP contribution is -2.43. The molecule has 1 rings (SSSR count). The number of carbonyl (C=O) groups is 3. The number of nitrogens with zero attached hydrogens (tertiary/aromatic N) is 1. The molecule has 1 amide bonds. The summed E-state index contributed by atoms with van der Waals surface area (Å²) in [5.41, 5.74) is 0. The number of esters is 2. The molecule has 0 unspecified atom stereocenters. The number of rotatable bonds is 5. The van der Waals surface area contributed by atoms with Gasteiger partial charge in [0.1, 0.15) is 13.1 Å². The third kappa shape index (κ3) is 5.19. The van der Waals surface area contributed by atoms with Gasteiger partial charge in [-0.3, -0.25) is 14.4 Å². The fourth-order valence-electron chi connectivity index (χ4n) is 2.44. The van der Waals surface area contributed by atoms with Crippen LogP contribution in [0.15, 0.2) is 0 Å². The van der Waals surface area contributed by atoms with Crippen molar-refractivity contribution in [3.63, 3.8) is 0 Å². The van der Waals surface area contributed by atoms with Gasteiger partial charge in [0, 0.05) is 5.92 Å². The minimum atomic E-state index is -0.532. The van der Waals surface area contributed by atoms with E-state index in [0.717, 1.165) is 38.5 Å². The van der Waals surface area contributed by atoms with Crippen molar-refractivity contribution in [2.75, 3.05) is 27.3 Å². The molecule has 0 atom stereocenters. The van der Waals surface area contributed by atoms with Gasteiger partial charge in [-0.25, -0.2) is 0 Å². The Morgan fingerprint density at radius 2 is 1.35 bits per heavy atom. The van der Waals surface area contributed by atoms with E-state index >= 15 is 0 Å². The molecule has 1 fully saturated rings. The standard InChI is InChI=1S/C14H23NO5/c1-19-12(16)9-15(10-13(17)20-2)14(18)11-7-5-3-4-6-8-11/h11H,3-10H2,1-2H3. The Hall–Kier alpha value is -1.59. The summed E-state index contributed by atoms with van der Waals surface area (Å²) in [6.07, 6.45) is 5.94. The van der Waals surface area contributed by atoms with Crippen LogP contribution in [0, 0.1) is 5.92 Å². The van der Waals surface area contributed by atoms with E-state index in [1.165, 1.54) is 19.1 Å². The lowest BCUT2D eigenvalue weighted by molar-refractivity contribution is -0.153. The molecule has 0 aromatic rings. The van der Waals surface area contributed by atoms with Gasteiger partial charge in [0.25, 0.3) is 0 Å². The summed E-state index contributed by atoms with van der Waals surface area (Å²) in [6.45, 7) is -0.415. The first-order valence-electron chi connectivity index (χ1n) is 7.01. The fourth-order valence-corrected chi connectivity index (χ4v) is 2.44. The van der Waals surface area contributed by atoms with E-state index in [0.29, 0.717) is 0 Å². The van der Waals surface area contributed by atoms with Crippen molar-refractivity contribution in [2.24, 2.45) is 5.92 Å². The Labute approximate surface area is 119 Å². The topological polar surface area (TPSA) is 72.9 Å². The quantitative estimate of drug-likeness (QED) is 0.559. The molecule has 0 spiro atoms. The Morgan fingerprint density at radius 1 is 0.900 bits per heavy atom. The smallest absolute Gasteiger partial charge is 0.325 e. The zero-order valence-electron chi connectivity index (χ0n) is 12.2. The zero-order valence-corrected chi connectivity index (χ0v) is 12.2. The molecule has 1 saturated carbocycles. The van der Waals surface area contributed by atoms with E-state index in [-0.39, 0.29) is 24.9 Å². The summed E-state index contributed by atoms with van der Waals surface area (Å²) in [5, 5.41) is 0. The maximum Gasteiger partial charge on any atom is 0.325 e. The number of hydrogen-bond donors (Lipinski definition) is 0. The number of methoxy groups -OCH3 is 2. The van der Waals surface area contributed by atoms with Gasteiger partial charge in [-0.2, -0.15) is 0 Å². The third-order valence-corrected chi connectivity index (χ3v) is 3.61. The van der Waals surface area contributed by atoms with Crippen LogP contribution in [0.3, 0.4) is 0 Å². The summed E-state index contributed by atoms with van der Waals surface area (Å²) in [5.74, 6) is -1.32. The lowest BCUT2D eigenvalue weighted by Gasteiger charge is -2.24. The molecule has 0 saturated heterocycles. The second-order valence-electron chi connectivity index (χ2n) is 5.04. The molecule has 0 aromatic heterocycles. The van der Waals surface area contributed by atoms with Crippen molar-refractivity contribution in [2.45, 2.75) is 38.5 Å². The van der Waals surface area contributed by atoms with E-state index in [4.69, 9.17) is 0 Å². The molecule has 1 aliphatic carbocycles. The molecular weight excluding hydrogens is 262 g/mol. The number of amides is 1. The maximum atomic E-state index is 12.5. The average Bonchev–Trinajstić information content (AvgIpc) is 2.74. The predicted octanol–water partition coefficient (Wildman–Crippen LogP) is 1.13. The first-order valence-corrected chi connectivity index (χ1v) is 7.01. The summed E-state index contributed by atoms with van der Waals surface area (Å²) in [6, 6.07) is 0. The van der Waals surface area contributed by atoms with Crippen LogP contribution in [0.25, 0.3) is 0 Å². The summed E-state index contributed by atoms with van der Waals surface area (Å²) in [7, 11) is 2.52. The number of ether oxygens (including phenoxy) is 2. The molecule has 0 radical (unpaired) electrons. The van der Waals surface area contributed by atoms with Crippen LogP contribution in [0.2, 0.25) is 0 Å². The normalized spacial score (nSPS) is 16.1. The van der Waals surface area contributed by atoms with Crippen molar-refractivity contribution >= 4 is 17.8 Å². The first-order chi connectivity index (χ1) is 9.58. The molecule has 1 aliphatic rings. The third-order valence-electron chi connectivity index (χ3n) is 3.61. The van der Waals surface area contributed by atoms with Crippen molar-refractivity contribution in [1.82, 2.24) is 4.90 Å². The highest BCUT2D eigenvalue weighted by Crippen LogP contribution is 2.24.